The van der Waals surface area contributed by atoms with Gasteiger partial charge >= 0.3 is 12.1 Å². The second-order valence-corrected chi connectivity index (χ2v) is 12.7. The van der Waals surface area contributed by atoms with E-state index in [1.54, 1.807) is 11.6 Å². The van der Waals surface area contributed by atoms with Crippen molar-refractivity contribution in [3.63, 3.8) is 0 Å². The molecule has 2 unspecified atom stereocenters. The van der Waals surface area contributed by atoms with E-state index in [0.29, 0.717) is 6.61 Å². The number of rotatable bonds is 8. The number of alkyl halides is 3. The van der Waals surface area contributed by atoms with Crippen LogP contribution in [0.5, 0.6) is 5.75 Å². The maximum Gasteiger partial charge on any atom is 0.490 e. The van der Waals surface area contributed by atoms with Crippen LogP contribution in [0.1, 0.15) is 43.4 Å². The number of carboxylic acids is 1. The fourth-order valence-electron chi connectivity index (χ4n) is 4.18. The molecule has 2 heterocycles. The summed E-state index contributed by atoms with van der Waals surface area (Å²) in [6.45, 7) is 8.32. The molecule has 0 spiro atoms. The van der Waals surface area contributed by atoms with Crippen LogP contribution < -0.4 is 14.8 Å². The van der Waals surface area contributed by atoms with E-state index in [9.17, 15) is 21.6 Å². The van der Waals surface area contributed by atoms with Gasteiger partial charge in [0.25, 0.3) is 10.0 Å². The van der Waals surface area contributed by atoms with E-state index in [0.717, 1.165) is 29.8 Å². The van der Waals surface area contributed by atoms with Crippen molar-refractivity contribution in [1.82, 2.24) is 19.6 Å². The third-order valence-electron chi connectivity index (χ3n) is 6.24. The summed E-state index contributed by atoms with van der Waals surface area (Å²) in [5.41, 5.74) is 3.42. The molecule has 0 saturated heterocycles. The minimum absolute atomic E-state index is 0.0182. The number of carbonyl (C=O) groups is 1. The largest absolute Gasteiger partial charge is 0.492 e. The lowest BCUT2D eigenvalue weighted by Gasteiger charge is -2.36. The summed E-state index contributed by atoms with van der Waals surface area (Å²) in [5, 5.41) is 10.9. The standard InChI is InChI=1S/C26H34N4O3S.C2HF3O2/c1-26(2,3)17-27-23-16-33-24-11-10-20(14-29-34(31,32)25-15-30(4)18-28-25)13-22(24)21(23)12-19-8-6-5-7-9-19;3-2(4,5)1(6)7/h5-11,13,15,18,21,23,27,29H,12,14,16-17H2,1-4H3;(H,6,7). The van der Waals surface area contributed by atoms with E-state index in [-0.39, 0.29) is 28.9 Å². The van der Waals surface area contributed by atoms with Gasteiger partial charge in [-0.15, -0.1) is 0 Å². The number of nitrogens with zero attached hydrogens (tertiary/aromatic N) is 2. The number of benzene rings is 2. The van der Waals surface area contributed by atoms with Gasteiger partial charge in [-0.25, -0.2) is 22.9 Å². The van der Waals surface area contributed by atoms with E-state index in [2.05, 4.69) is 66.1 Å². The molecule has 2 atom stereocenters. The predicted molar refractivity (Wildman–Crippen MR) is 147 cm³/mol. The van der Waals surface area contributed by atoms with Crippen LogP contribution in [-0.4, -0.2) is 54.4 Å². The third-order valence-corrected chi connectivity index (χ3v) is 7.52. The van der Waals surface area contributed by atoms with Gasteiger partial charge in [0.2, 0.25) is 0 Å². The van der Waals surface area contributed by atoms with Crippen LogP contribution in [-0.2, 0) is 34.8 Å². The van der Waals surface area contributed by atoms with Gasteiger partial charge in [-0.05, 0) is 34.6 Å². The Bertz CT molecular complexity index is 1420. The van der Waals surface area contributed by atoms with Gasteiger partial charge in [-0.1, -0.05) is 63.2 Å². The van der Waals surface area contributed by atoms with Crippen molar-refractivity contribution in [2.45, 2.75) is 56.9 Å². The second kappa shape index (κ2) is 13.0. The van der Waals surface area contributed by atoms with Crippen molar-refractivity contribution >= 4 is 16.0 Å². The number of carboxylic acid groups (broad SMARTS) is 1. The number of halogens is 3. The van der Waals surface area contributed by atoms with E-state index in [1.807, 2.05) is 18.2 Å². The molecular formula is C28H35F3N4O5S. The summed E-state index contributed by atoms with van der Waals surface area (Å²) in [6.07, 6.45) is -1.24. The minimum atomic E-state index is -5.08. The molecule has 0 aliphatic carbocycles. The molecule has 0 fully saturated rings. The van der Waals surface area contributed by atoms with Crippen molar-refractivity contribution in [2.24, 2.45) is 12.5 Å². The monoisotopic (exact) mass is 596 g/mol. The Morgan fingerprint density at radius 3 is 2.34 bits per heavy atom. The maximum absolute atomic E-state index is 12.6. The van der Waals surface area contributed by atoms with Crippen LogP contribution in [0.4, 0.5) is 13.2 Å². The summed E-state index contributed by atoms with van der Waals surface area (Å²) in [5.74, 6) is -1.68. The van der Waals surface area contributed by atoms with Gasteiger partial charge in [0.05, 0.1) is 6.33 Å². The molecule has 4 rings (SSSR count). The molecule has 1 aliphatic heterocycles. The topological polar surface area (TPSA) is 123 Å². The average molecular weight is 597 g/mol. The molecule has 0 bridgehead atoms. The fraction of sp³-hybridized carbons (Fsp3) is 0.429. The quantitative estimate of drug-likeness (QED) is 0.355. The van der Waals surface area contributed by atoms with Crippen LogP contribution in [0.3, 0.4) is 0 Å². The lowest BCUT2D eigenvalue weighted by Crippen LogP contribution is -2.46. The van der Waals surface area contributed by atoms with Crippen LogP contribution in [0, 0.1) is 5.41 Å². The number of imidazole rings is 1. The third kappa shape index (κ3) is 9.58. The molecule has 0 saturated carbocycles. The number of nitrogens with one attached hydrogen (secondary N) is 2. The van der Waals surface area contributed by atoms with Crippen LogP contribution in [0.15, 0.2) is 66.1 Å². The summed E-state index contributed by atoms with van der Waals surface area (Å²) in [7, 11) is -1.94. The molecule has 0 radical (unpaired) electrons. The summed E-state index contributed by atoms with van der Waals surface area (Å²) in [6, 6.07) is 16.6. The Morgan fingerprint density at radius 2 is 1.78 bits per heavy atom. The van der Waals surface area contributed by atoms with Crippen molar-refractivity contribution in [1.29, 1.82) is 0 Å². The van der Waals surface area contributed by atoms with Gasteiger partial charge in [-0.2, -0.15) is 13.2 Å². The van der Waals surface area contributed by atoms with Gasteiger partial charge < -0.3 is 19.7 Å². The first-order valence-electron chi connectivity index (χ1n) is 12.9. The normalized spacial score (nSPS) is 17.1. The molecule has 1 aromatic heterocycles. The minimum Gasteiger partial charge on any atom is -0.492 e. The van der Waals surface area contributed by atoms with Gasteiger partial charge in [0.1, 0.15) is 12.4 Å². The molecule has 3 aromatic rings. The molecule has 2 aromatic carbocycles. The number of sulfonamides is 1. The van der Waals surface area contributed by atoms with Crippen LogP contribution in [0.2, 0.25) is 0 Å². The van der Waals surface area contributed by atoms with E-state index >= 15 is 0 Å². The van der Waals surface area contributed by atoms with Crippen LogP contribution in [0.25, 0.3) is 0 Å². The number of fused-ring (bicyclic) bond motifs is 1. The average Bonchev–Trinajstić information content (AvgIpc) is 3.34. The molecular weight excluding hydrogens is 561 g/mol. The molecule has 13 heteroatoms. The number of aromatic nitrogens is 2. The van der Waals surface area contributed by atoms with Crippen molar-refractivity contribution in [3.8, 4) is 5.75 Å². The molecule has 9 nitrogen and oxygen atoms in total. The molecule has 3 N–H and O–H groups in total. The smallest absolute Gasteiger partial charge is 0.490 e. The highest BCUT2D eigenvalue weighted by atomic mass is 32.2. The van der Waals surface area contributed by atoms with Crippen molar-refractivity contribution in [2.75, 3.05) is 13.2 Å². The van der Waals surface area contributed by atoms with Crippen molar-refractivity contribution in [3.05, 3.63) is 77.7 Å². The lowest BCUT2D eigenvalue weighted by atomic mass is 9.82. The second-order valence-electron chi connectivity index (χ2n) is 11.0. The van der Waals surface area contributed by atoms with Gasteiger partial charge in [-0.3, -0.25) is 0 Å². The highest BCUT2D eigenvalue weighted by Gasteiger charge is 2.38. The highest BCUT2D eigenvalue weighted by molar-refractivity contribution is 7.89. The maximum atomic E-state index is 12.6. The number of hydrogen-bond donors (Lipinski definition) is 3. The lowest BCUT2D eigenvalue weighted by molar-refractivity contribution is -0.192. The number of hydrogen-bond acceptors (Lipinski definition) is 6. The first-order chi connectivity index (χ1) is 19.0. The highest BCUT2D eigenvalue weighted by Crippen LogP contribution is 2.37. The first kappa shape index (κ1) is 32.1. The van der Waals surface area contributed by atoms with E-state index < -0.39 is 22.2 Å². The summed E-state index contributed by atoms with van der Waals surface area (Å²) in [4.78, 5) is 12.9. The fourth-order valence-corrected chi connectivity index (χ4v) is 5.18. The van der Waals surface area contributed by atoms with Crippen LogP contribution >= 0.6 is 0 Å². The first-order valence-corrected chi connectivity index (χ1v) is 14.3. The van der Waals surface area contributed by atoms with E-state index in [1.165, 1.54) is 18.1 Å². The Kier molecular flexibility index (Phi) is 10.2. The summed E-state index contributed by atoms with van der Waals surface area (Å²) >= 11 is 0. The van der Waals surface area contributed by atoms with Crippen molar-refractivity contribution < 1.29 is 36.2 Å². The molecule has 224 valence electrons. The zero-order valence-corrected chi connectivity index (χ0v) is 24.1. The summed E-state index contributed by atoms with van der Waals surface area (Å²) < 4.78 is 67.4. The Labute approximate surface area is 237 Å². The van der Waals surface area contributed by atoms with Gasteiger partial charge in [0, 0.05) is 38.3 Å². The Balaban J connectivity index is 0.000000587. The SMILES string of the molecule is Cn1cnc(S(=O)(=O)NCc2ccc3c(c2)C(Cc2ccccc2)C(NCC(C)(C)C)CO3)c1.O=C(O)C(F)(F)F. The Morgan fingerprint density at radius 1 is 1.12 bits per heavy atom. The van der Waals surface area contributed by atoms with E-state index in [4.69, 9.17) is 14.6 Å². The zero-order chi connectivity index (χ0) is 30.4. The number of aryl methyl sites for hydroxylation is 1. The predicted octanol–water partition coefficient (Wildman–Crippen LogP) is 4.25. The van der Waals surface area contributed by atoms with Gasteiger partial charge in [0.15, 0.2) is 5.03 Å². The Hall–Kier alpha value is -3.42. The molecule has 1 aliphatic rings. The number of ether oxygens (including phenoxy) is 1. The molecule has 0 amide bonds. The zero-order valence-electron chi connectivity index (χ0n) is 23.3. The molecule has 41 heavy (non-hydrogen) atoms. The number of aliphatic carboxylic acids is 1.